The van der Waals surface area contributed by atoms with Crippen LogP contribution in [0.3, 0.4) is 0 Å². The molecule has 0 aromatic carbocycles. The van der Waals surface area contributed by atoms with Crippen LogP contribution in [0.1, 0.15) is 36.9 Å². The number of hydrogen-bond donors (Lipinski definition) is 1. The van der Waals surface area contributed by atoms with E-state index in [-0.39, 0.29) is 0 Å². The third kappa shape index (κ3) is 2.94. The number of nitrogens with zero attached hydrogens (tertiary/aromatic N) is 2. The summed E-state index contributed by atoms with van der Waals surface area (Å²) in [5.74, 6) is 0. The Morgan fingerprint density at radius 1 is 1.47 bits per heavy atom. The van der Waals surface area contributed by atoms with Gasteiger partial charge in [0.05, 0.1) is 17.5 Å². The first-order valence-corrected chi connectivity index (χ1v) is 5.69. The minimum Gasteiger partial charge on any atom is -0.389 e. The van der Waals surface area contributed by atoms with Crippen molar-refractivity contribution in [3.63, 3.8) is 0 Å². The van der Waals surface area contributed by atoms with Crippen LogP contribution in [0, 0.1) is 6.92 Å². The first-order chi connectivity index (χ1) is 7.99. The lowest BCUT2D eigenvalue weighted by Crippen LogP contribution is -2.00. The summed E-state index contributed by atoms with van der Waals surface area (Å²) in [6.45, 7) is 9.63. The van der Waals surface area contributed by atoms with E-state index in [1.807, 2.05) is 45.2 Å². The predicted octanol–water partition coefficient (Wildman–Crippen LogP) is 2.93. The van der Waals surface area contributed by atoms with Crippen LogP contribution in [0.15, 0.2) is 30.9 Å². The number of aliphatic hydroxyl groups is 1. The van der Waals surface area contributed by atoms with Gasteiger partial charge in [0, 0.05) is 12.6 Å². The standard InChI is InChI=1S/C14H20N2O/c1-6-7-8-9-10(2)14-13(12(4)17)11(3)15-16(14)5/h6-9,12,17H,2H2,1,3-5H3/b7-6-,9-8-. The molecule has 17 heavy (non-hydrogen) atoms. The summed E-state index contributed by atoms with van der Waals surface area (Å²) in [6.07, 6.45) is 7.20. The number of aliphatic hydroxyl groups excluding tert-OH is 1. The average Bonchev–Trinajstić information content (AvgIpc) is 2.53. The first kappa shape index (κ1) is 13.5. The topological polar surface area (TPSA) is 38.1 Å². The Bertz CT molecular complexity index is 465. The van der Waals surface area contributed by atoms with Gasteiger partial charge < -0.3 is 5.11 Å². The number of aromatic nitrogens is 2. The van der Waals surface area contributed by atoms with Gasteiger partial charge >= 0.3 is 0 Å². The molecule has 3 heteroatoms. The summed E-state index contributed by atoms with van der Waals surface area (Å²) in [5.41, 5.74) is 3.43. The maximum atomic E-state index is 9.79. The molecule has 1 heterocycles. The molecule has 0 bridgehead atoms. The third-order valence-electron chi connectivity index (χ3n) is 2.59. The van der Waals surface area contributed by atoms with Crippen molar-refractivity contribution in [2.75, 3.05) is 0 Å². The number of rotatable bonds is 4. The average molecular weight is 232 g/mol. The first-order valence-electron chi connectivity index (χ1n) is 5.69. The zero-order valence-electron chi connectivity index (χ0n) is 10.9. The van der Waals surface area contributed by atoms with Crippen LogP contribution in [-0.4, -0.2) is 14.9 Å². The molecule has 0 aliphatic heterocycles. The van der Waals surface area contributed by atoms with E-state index >= 15 is 0 Å². The van der Waals surface area contributed by atoms with Crippen molar-refractivity contribution < 1.29 is 5.11 Å². The molecule has 1 N–H and O–H groups in total. The second-order valence-electron chi connectivity index (χ2n) is 4.06. The van der Waals surface area contributed by atoms with Crippen molar-refractivity contribution in [2.24, 2.45) is 7.05 Å². The van der Waals surface area contributed by atoms with Gasteiger partial charge in [0.25, 0.3) is 0 Å². The second-order valence-corrected chi connectivity index (χ2v) is 4.06. The molecule has 0 amide bonds. The van der Waals surface area contributed by atoms with Gasteiger partial charge in [-0.3, -0.25) is 4.68 Å². The molecular formula is C14H20N2O. The van der Waals surface area contributed by atoms with Crippen molar-refractivity contribution in [3.05, 3.63) is 47.8 Å². The van der Waals surface area contributed by atoms with E-state index in [2.05, 4.69) is 11.7 Å². The Labute approximate surface area is 103 Å². The lowest BCUT2D eigenvalue weighted by molar-refractivity contribution is 0.198. The van der Waals surface area contributed by atoms with E-state index in [0.717, 1.165) is 22.5 Å². The molecule has 1 rings (SSSR count). The molecule has 0 saturated heterocycles. The molecule has 1 aromatic rings. The summed E-state index contributed by atoms with van der Waals surface area (Å²) >= 11 is 0. The monoisotopic (exact) mass is 232 g/mol. The van der Waals surface area contributed by atoms with Crippen LogP contribution in [-0.2, 0) is 7.05 Å². The SMILES string of the molecule is C=C(/C=C\C=C/C)c1c(C(C)O)c(C)nn1C. The quantitative estimate of drug-likeness (QED) is 0.810. The largest absolute Gasteiger partial charge is 0.389 e. The fourth-order valence-electron chi connectivity index (χ4n) is 1.92. The molecule has 0 radical (unpaired) electrons. The normalized spacial score (nSPS) is 13.7. The smallest absolute Gasteiger partial charge is 0.0801 e. The zero-order valence-corrected chi connectivity index (χ0v) is 10.9. The fourth-order valence-corrected chi connectivity index (χ4v) is 1.92. The highest BCUT2D eigenvalue weighted by Gasteiger charge is 2.18. The van der Waals surface area contributed by atoms with Gasteiger partial charge in [-0.1, -0.05) is 30.9 Å². The molecule has 0 saturated carbocycles. The Kier molecular flexibility index (Phi) is 4.46. The van der Waals surface area contributed by atoms with Crippen LogP contribution >= 0.6 is 0 Å². The van der Waals surface area contributed by atoms with Crippen LogP contribution in [0.2, 0.25) is 0 Å². The molecule has 1 atom stereocenters. The summed E-state index contributed by atoms with van der Waals surface area (Å²) in [7, 11) is 1.86. The van der Waals surface area contributed by atoms with Crippen molar-refractivity contribution in [2.45, 2.75) is 26.9 Å². The van der Waals surface area contributed by atoms with E-state index in [1.54, 1.807) is 11.6 Å². The van der Waals surface area contributed by atoms with Crippen LogP contribution < -0.4 is 0 Å². The van der Waals surface area contributed by atoms with Crippen molar-refractivity contribution in [1.82, 2.24) is 9.78 Å². The summed E-state index contributed by atoms with van der Waals surface area (Å²) in [4.78, 5) is 0. The molecule has 92 valence electrons. The Hall–Kier alpha value is -1.61. The zero-order chi connectivity index (χ0) is 13.0. The number of hydrogen-bond acceptors (Lipinski definition) is 2. The fraction of sp³-hybridized carbons (Fsp3) is 0.357. The van der Waals surface area contributed by atoms with Gasteiger partial charge in [-0.05, 0) is 26.3 Å². The third-order valence-corrected chi connectivity index (χ3v) is 2.59. The lowest BCUT2D eigenvalue weighted by Gasteiger charge is -2.08. The van der Waals surface area contributed by atoms with Crippen LogP contribution in [0.4, 0.5) is 0 Å². The molecule has 0 aliphatic carbocycles. The number of aryl methyl sites for hydroxylation is 2. The highest BCUT2D eigenvalue weighted by atomic mass is 16.3. The van der Waals surface area contributed by atoms with E-state index < -0.39 is 6.10 Å². The highest BCUT2D eigenvalue weighted by molar-refractivity contribution is 5.73. The second kappa shape index (κ2) is 5.64. The van der Waals surface area contributed by atoms with E-state index in [9.17, 15) is 5.11 Å². The Morgan fingerprint density at radius 3 is 2.65 bits per heavy atom. The highest BCUT2D eigenvalue weighted by Crippen LogP contribution is 2.26. The molecule has 3 nitrogen and oxygen atoms in total. The maximum Gasteiger partial charge on any atom is 0.0801 e. The van der Waals surface area contributed by atoms with Crippen LogP contribution in [0.25, 0.3) is 5.57 Å². The van der Waals surface area contributed by atoms with Gasteiger partial charge in [0.2, 0.25) is 0 Å². The van der Waals surface area contributed by atoms with Gasteiger partial charge in [-0.25, -0.2) is 0 Å². The van der Waals surface area contributed by atoms with E-state index in [4.69, 9.17) is 0 Å². The molecule has 0 fully saturated rings. The van der Waals surface area contributed by atoms with Gasteiger partial charge in [-0.15, -0.1) is 0 Å². The summed E-state index contributed by atoms with van der Waals surface area (Å²) < 4.78 is 1.76. The Morgan fingerprint density at radius 2 is 2.12 bits per heavy atom. The molecule has 1 unspecified atom stereocenters. The van der Waals surface area contributed by atoms with E-state index in [1.165, 1.54) is 0 Å². The van der Waals surface area contributed by atoms with Gasteiger partial charge in [0.15, 0.2) is 0 Å². The minimum absolute atomic E-state index is 0.537. The summed E-state index contributed by atoms with van der Waals surface area (Å²) in [6, 6.07) is 0. The number of allylic oxidation sites excluding steroid dienone is 5. The van der Waals surface area contributed by atoms with Crippen molar-refractivity contribution in [1.29, 1.82) is 0 Å². The van der Waals surface area contributed by atoms with Crippen molar-refractivity contribution in [3.8, 4) is 0 Å². The molecule has 0 aliphatic rings. The summed E-state index contributed by atoms with van der Waals surface area (Å²) in [5, 5.41) is 14.1. The predicted molar refractivity (Wildman–Crippen MR) is 71.6 cm³/mol. The van der Waals surface area contributed by atoms with Gasteiger partial charge in [0.1, 0.15) is 0 Å². The molecule has 1 aromatic heterocycles. The van der Waals surface area contributed by atoms with Gasteiger partial charge in [-0.2, -0.15) is 5.10 Å². The molecule has 0 spiro atoms. The van der Waals surface area contributed by atoms with Crippen molar-refractivity contribution >= 4 is 5.57 Å². The lowest BCUT2D eigenvalue weighted by atomic mass is 10.0. The van der Waals surface area contributed by atoms with E-state index in [0.29, 0.717) is 0 Å². The van der Waals surface area contributed by atoms with Crippen LogP contribution in [0.5, 0.6) is 0 Å². The molecular weight excluding hydrogens is 212 g/mol. The Balaban J connectivity index is 3.17. The minimum atomic E-state index is -0.537. The maximum absolute atomic E-state index is 9.79.